The second kappa shape index (κ2) is 35.3. The Morgan fingerprint density at radius 1 is 0.494 bits per heavy atom. The third kappa shape index (κ3) is 22.4. The fourth-order valence-electron chi connectivity index (χ4n) is 7.64. The van der Waals surface area contributed by atoms with Crippen molar-refractivity contribution in [3.63, 3.8) is 0 Å². The summed E-state index contributed by atoms with van der Waals surface area (Å²) in [6.45, 7) is 0.718. The highest BCUT2D eigenvalue weighted by molar-refractivity contribution is 5.71. The molecular weight excluding hydrogens is 1060 g/mol. The van der Waals surface area contributed by atoms with E-state index in [4.69, 9.17) is 42.4 Å². The summed E-state index contributed by atoms with van der Waals surface area (Å²) in [4.78, 5) is 62.1. The molecule has 8 rings (SSSR count). The largest absolute Gasteiger partial charge is 0.497 e. The molecule has 0 N–H and O–H groups in total. The average Bonchev–Trinajstić information content (AvgIpc) is 4.11. The van der Waals surface area contributed by atoms with E-state index in [1.54, 1.807) is 107 Å². The normalized spacial score (nSPS) is 10.7. The number of methoxy groups -OCH3 is 4. The predicted octanol–water partition coefficient (Wildman–Crippen LogP) is 13.2. The van der Waals surface area contributed by atoms with Crippen LogP contribution in [0.25, 0.3) is 0 Å². The topological polar surface area (TPSA) is 236 Å². The number of hydrogen-bond acceptors (Lipinski definition) is 18. The van der Waals surface area contributed by atoms with E-state index < -0.39 is 16.8 Å². The van der Waals surface area contributed by atoms with Gasteiger partial charge in [-0.25, -0.2) is 9.59 Å². The number of benzene rings is 7. The Kier molecular flexibility index (Phi) is 27.7. The van der Waals surface area contributed by atoms with E-state index in [0.29, 0.717) is 47.3 Å². The minimum absolute atomic E-state index is 0. The summed E-state index contributed by atoms with van der Waals surface area (Å²) in [5.41, 5.74) is 6.93. The van der Waals surface area contributed by atoms with Crippen molar-refractivity contribution in [3.8, 4) is 34.5 Å². The minimum atomic E-state index is -0.603. The summed E-state index contributed by atoms with van der Waals surface area (Å²) in [6, 6.07) is 52.4. The van der Waals surface area contributed by atoms with Crippen molar-refractivity contribution in [1.29, 1.82) is 0 Å². The van der Waals surface area contributed by atoms with Gasteiger partial charge in [-0.3, -0.25) is 19.7 Å². The van der Waals surface area contributed by atoms with Crippen molar-refractivity contribution in [3.05, 3.63) is 231 Å². The zero-order valence-electron chi connectivity index (χ0n) is 44.8. The van der Waals surface area contributed by atoms with Crippen molar-refractivity contribution in [2.75, 3.05) is 35.0 Å². The molecule has 1 heterocycles. The Balaban J connectivity index is 0.000000292. The molecule has 7 aromatic carbocycles. The summed E-state index contributed by atoms with van der Waals surface area (Å²) in [5, 5.41) is 15.2. The first kappa shape index (κ1) is 65.2. The molecule has 1 aromatic heterocycles. The first-order valence-corrected chi connectivity index (χ1v) is 25.0. The van der Waals surface area contributed by atoms with Crippen LogP contribution in [-0.4, -0.2) is 69.2 Å². The fraction of sp³-hybridized carbons (Fsp3) is 0.234. The molecule has 19 nitrogen and oxygen atoms in total. The van der Waals surface area contributed by atoms with Gasteiger partial charge in [-0.15, -0.1) is 0 Å². The smallest absolute Gasteiger partial charge is 0.307 e. The van der Waals surface area contributed by atoms with Crippen LogP contribution in [0.1, 0.15) is 78.6 Å². The molecule has 0 aliphatic carbocycles. The number of aliphatic imine (C=N–C) groups is 2. The quantitative estimate of drug-likeness (QED) is 0.0170. The van der Waals surface area contributed by atoms with E-state index >= 15 is 0 Å². The van der Waals surface area contributed by atoms with Gasteiger partial charge in [0.15, 0.2) is 0 Å². The van der Waals surface area contributed by atoms with E-state index in [2.05, 4.69) is 15.1 Å². The van der Waals surface area contributed by atoms with Crippen LogP contribution in [0.4, 0.5) is 11.4 Å². The summed E-state index contributed by atoms with van der Waals surface area (Å²) in [5.74, 6) is 2.66. The first-order chi connectivity index (χ1) is 39.5. The Morgan fingerprint density at radius 3 is 1.18 bits per heavy atom. The second-order valence-corrected chi connectivity index (χ2v) is 17.4. The van der Waals surface area contributed by atoms with Crippen molar-refractivity contribution < 1.29 is 66.5 Å². The maximum atomic E-state index is 12.7. The highest BCUT2D eigenvalue weighted by Gasteiger charge is 2.24. The lowest BCUT2D eigenvalue weighted by Gasteiger charge is -2.15. The van der Waals surface area contributed by atoms with Gasteiger partial charge in [-0.1, -0.05) is 92.8 Å². The molecule has 0 saturated carbocycles. The van der Waals surface area contributed by atoms with Gasteiger partial charge >= 0.3 is 11.9 Å². The monoisotopic (exact) mass is 1130 g/mol. The zero-order valence-corrected chi connectivity index (χ0v) is 44.8. The SMILES string of the molecule is C.C.COc1ccc(COC(=O)CC(C[N+](=O)[O-])c2ccc(OCc3ccc(OC)cc3)cc2)cc1.COc1ccc(COC(=O)CC(c2ccc(OCc3ccc(OC)cc3)cc2)c2ccon2)cc1.O=C=Nc1ccc(N=C=O)cc1. The summed E-state index contributed by atoms with van der Waals surface area (Å²) in [6.07, 6.45) is 4.34. The van der Waals surface area contributed by atoms with Crippen LogP contribution >= 0.6 is 0 Å². The lowest BCUT2D eigenvalue weighted by Crippen LogP contribution is -2.18. The number of carbonyl (C=O) groups excluding carboxylic acids is 4. The Hall–Kier alpha value is -10.4. The molecule has 0 radical (unpaired) electrons. The molecular formula is C64H66N4O15. The van der Waals surface area contributed by atoms with Crippen molar-refractivity contribution >= 4 is 35.5 Å². The van der Waals surface area contributed by atoms with Gasteiger partial charge in [0, 0.05) is 16.9 Å². The number of isocyanates is 2. The minimum Gasteiger partial charge on any atom is -0.497 e. The maximum Gasteiger partial charge on any atom is 0.307 e. The van der Waals surface area contributed by atoms with E-state index in [-0.39, 0.29) is 59.3 Å². The number of esters is 2. The second-order valence-electron chi connectivity index (χ2n) is 17.4. The molecule has 0 amide bonds. The Morgan fingerprint density at radius 2 is 0.843 bits per heavy atom. The summed E-state index contributed by atoms with van der Waals surface area (Å²) < 4.78 is 48.1. The Labute approximate surface area is 482 Å². The van der Waals surface area contributed by atoms with Gasteiger partial charge in [0.2, 0.25) is 18.7 Å². The predicted molar refractivity (Wildman–Crippen MR) is 311 cm³/mol. The number of rotatable bonds is 25. The lowest BCUT2D eigenvalue weighted by molar-refractivity contribution is -0.483. The number of nitro groups is 1. The van der Waals surface area contributed by atoms with Crippen LogP contribution in [0.2, 0.25) is 0 Å². The molecule has 83 heavy (non-hydrogen) atoms. The van der Waals surface area contributed by atoms with Crippen molar-refractivity contribution in [2.24, 2.45) is 9.98 Å². The molecule has 2 unspecified atom stereocenters. The number of hydrogen-bond donors (Lipinski definition) is 0. The Bertz CT molecular complexity index is 3240. The maximum absolute atomic E-state index is 12.7. The van der Waals surface area contributed by atoms with Gasteiger partial charge < -0.3 is 42.4 Å². The zero-order chi connectivity index (χ0) is 57.6. The van der Waals surface area contributed by atoms with E-state index in [9.17, 15) is 29.3 Å². The molecule has 0 spiro atoms. The molecule has 432 valence electrons. The van der Waals surface area contributed by atoms with E-state index in [1.165, 1.54) is 18.4 Å². The molecule has 19 heteroatoms. The van der Waals surface area contributed by atoms with E-state index in [1.807, 2.05) is 97.1 Å². The number of ether oxygens (including phenoxy) is 8. The first-order valence-electron chi connectivity index (χ1n) is 25.0. The van der Waals surface area contributed by atoms with Gasteiger partial charge in [-0.05, 0) is 130 Å². The van der Waals surface area contributed by atoms with Gasteiger partial charge in [0.05, 0.1) is 64.3 Å². The van der Waals surface area contributed by atoms with Crippen LogP contribution in [0, 0.1) is 10.1 Å². The van der Waals surface area contributed by atoms with Gasteiger partial charge in [0.1, 0.15) is 67.2 Å². The number of aromatic nitrogens is 1. The van der Waals surface area contributed by atoms with Crippen molar-refractivity contribution in [2.45, 2.75) is 66.0 Å². The molecule has 0 aliphatic rings. The average molecular weight is 1130 g/mol. The molecule has 8 aromatic rings. The highest BCUT2D eigenvalue weighted by atomic mass is 16.6. The summed E-state index contributed by atoms with van der Waals surface area (Å²) >= 11 is 0. The van der Waals surface area contributed by atoms with E-state index in [0.717, 1.165) is 50.8 Å². The lowest BCUT2D eigenvalue weighted by atomic mass is 9.92. The van der Waals surface area contributed by atoms with Crippen LogP contribution in [0.5, 0.6) is 34.5 Å². The molecule has 0 saturated heterocycles. The van der Waals surface area contributed by atoms with Crippen LogP contribution in [0.15, 0.2) is 197 Å². The molecule has 0 bridgehead atoms. The van der Waals surface area contributed by atoms with Crippen LogP contribution < -0.4 is 28.4 Å². The van der Waals surface area contributed by atoms with Gasteiger partial charge in [-0.2, -0.15) is 9.98 Å². The molecule has 2 atom stereocenters. The molecule has 0 aliphatic heterocycles. The van der Waals surface area contributed by atoms with Gasteiger partial charge in [0.25, 0.3) is 0 Å². The summed E-state index contributed by atoms with van der Waals surface area (Å²) in [7, 11) is 6.43. The third-order valence-corrected chi connectivity index (χ3v) is 12.0. The molecule has 0 fully saturated rings. The van der Waals surface area contributed by atoms with Crippen LogP contribution in [-0.2, 0) is 55.1 Å². The third-order valence-electron chi connectivity index (χ3n) is 12.0. The highest BCUT2D eigenvalue weighted by Crippen LogP contribution is 2.30. The fourth-order valence-corrected chi connectivity index (χ4v) is 7.64. The number of nitrogens with zero attached hydrogens (tertiary/aromatic N) is 4. The number of carbonyl (C=O) groups is 2. The van der Waals surface area contributed by atoms with Crippen molar-refractivity contribution in [1.82, 2.24) is 5.16 Å². The standard InChI is InChI=1S/C28H27NO6.C26H27NO7.C8H4N2O2.2CH4/c1-31-23-9-3-20(4-10-23)18-33-25-13-7-22(8-14-25)26(27-15-16-35-29-27)17-28(30)34-19-21-5-11-24(32-2)12-6-21;1-31-23-9-3-19(4-10-23)17-33-25-13-7-21(8-14-25)22(16-27(29)30)15-26(28)34-18-20-5-11-24(32-2)12-6-20;11-5-9-7-1-2-8(4-3-7)10-6-12;;/h3-16,26H,17-19H2,1-2H3;3-14,22H,15-18H2,1-2H3;1-4H;2*1H4. The van der Waals surface area contributed by atoms with Crippen LogP contribution in [0.3, 0.4) is 0 Å².